The lowest BCUT2D eigenvalue weighted by atomic mass is 9.97. The van der Waals surface area contributed by atoms with Crippen LogP contribution in [0.2, 0.25) is 0 Å². The Labute approximate surface area is 113 Å². The van der Waals surface area contributed by atoms with Gasteiger partial charge < -0.3 is 10.6 Å². The minimum Gasteiger partial charge on any atom is -0.352 e. The summed E-state index contributed by atoms with van der Waals surface area (Å²) < 4.78 is 13.1. The number of piperidine rings is 1. The van der Waals surface area contributed by atoms with Crippen molar-refractivity contribution in [1.82, 2.24) is 10.6 Å². The molecule has 1 unspecified atom stereocenters. The lowest BCUT2D eigenvalue weighted by Gasteiger charge is -2.24. The molecule has 0 bridgehead atoms. The number of carbonyl (C=O) groups excluding carboxylic acids is 1. The molecule has 0 saturated carbocycles. The van der Waals surface area contributed by atoms with E-state index in [1.54, 1.807) is 6.07 Å². The lowest BCUT2D eigenvalue weighted by Crippen LogP contribution is -2.45. The standard InChI is InChI=1S/C15H21FN2O/c1-11(12-4-2-5-13(16)9-12)8-15(19)18-14-6-3-7-17-10-14/h2,4-5,9,11,14,17H,3,6-8,10H2,1H3,(H,18,19)/t11?,14-/m0/s1. The number of amides is 1. The fourth-order valence-electron chi connectivity index (χ4n) is 2.47. The number of carbonyl (C=O) groups is 1. The Morgan fingerprint density at radius 2 is 2.42 bits per heavy atom. The van der Waals surface area contributed by atoms with E-state index in [9.17, 15) is 9.18 Å². The van der Waals surface area contributed by atoms with Crippen LogP contribution < -0.4 is 10.6 Å². The van der Waals surface area contributed by atoms with Crippen molar-refractivity contribution in [3.05, 3.63) is 35.6 Å². The van der Waals surface area contributed by atoms with Gasteiger partial charge in [-0.1, -0.05) is 19.1 Å². The van der Waals surface area contributed by atoms with Gasteiger partial charge in [-0.3, -0.25) is 4.79 Å². The number of nitrogens with one attached hydrogen (secondary N) is 2. The van der Waals surface area contributed by atoms with E-state index >= 15 is 0 Å². The molecule has 0 aliphatic carbocycles. The number of hydrogen-bond donors (Lipinski definition) is 2. The van der Waals surface area contributed by atoms with Crippen LogP contribution in [0.15, 0.2) is 24.3 Å². The van der Waals surface area contributed by atoms with Crippen molar-refractivity contribution in [2.75, 3.05) is 13.1 Å². The molecule has 4 heteroatoms. The molecule has 1 aliphatic rings. The summed E-state index contributed by atoms with van der Waals surface area (Å²) >= 11 is 0. The van der Waals surface area contributed by atoms with Gasteiger partial charge in [0.05, 0.1) is 0 Å². The Kier molecular flexibility index (Phi) is 4.91. The number of benzene rings is 1. The molecule has 3 nitrogen and oxygen atoms in total. The Morgan fingerprint density at radius 3 is 3.11 bits per heavy atom. The lowest BCUT2D eigenvalue weighted by molar-refractivity contribution is -0.122. The van der Waals surface area contributed by atoms with Crippen LogP contribution in [0.3, 0.4) is 0 Å². The van der Waals surface area contributed by atoms with E-state index in [1.807, 2.05) is 13.0 Å². The Hall–Kier alpha value is -1.42. The SMILES string of the molecule is CC(CC(=O)N[C@H]1CCCNC1)c1cccc(F)c1. The van der Waals surface area contributed by atoms with E-state index in [0.29, 0.717) is 6.42 Å². The molecule has 104 valence electrons. The van der Waals surface area contributed by atoms with Crippen molar-refractivity contribution in [2.24, 2.45) is 0 Å². The van der Waals surface area contributed by atoms with Gasteiger partial charge >= 0.3 is 0 Å². The summed E-state index contributed by atoms with van der Waals surface area (Å²) in [5, 5.41) is 6.31. The number of rotatable bonds is 4. The fraction of sp³-hybridized carbons (Fsp3) is 0.533. The highest BCUT2D eigenvalue weighted by atomic mass is 19.1. The van der Waals surface area contributed by atoms with E-state index in [-0.39, 0.29) is 23.7 Å². The molecule has 0 aromatic heterocycles. The van der Waals surface area contributed by atoms with Gasteiger partial charge in [0.25, 0.3) is 0 Å². The van der Waals surface area contributed by atoms with Crippen molar-refractivity contribution in [3.63, 3.8) is 0 Å². The molecule has 1 amide bonds. The van der Waals surface area contributed by atoms with Gasteiger partial charge in [-0.05, 0) is 43.0 Å². The van der Waals surface area contributed by atoms with E-state index in [1.165, 1.54) is 12.1 Å². The smallest absolute Gasteiger partial charge is 0.220 e. The summed E-state index contributed by atoms with van der Waals surface area (Å²) in [6, 6.07) is 6.71. The van der Waals surface area contributed by atoms with Crippen LogP contribution in [0.25, 0.3) is 0 Å². The summed E-state index contributed by atoms with van der Waals surface area (Å²) in [5.74, 6) is -0.168. The number of hydrogen-bond acceptors (Lipinski definition) is 2. The highest BCUT2D eigenvalue weighted by Gasteiger charge is 2.17. The van der Waals surface area contributed by atoms with Crippen molar-refractivity contribution < 1.29 is 9.18 Å². The fourth-order valence-corrected chi connectivity index (χ4v) is 2.47. The van der Waals surface area contributed by atoms with Crippen LogP contribution in [0.4, 0.5) is 4.39 Å². The predicted octanol–water partition coefficient (Wildman–Crippen LogP) is 2.19. The molecule has 2 rings (SSSR count). The Bertz CT molecular complexity index is 430. The second kappa shape index (κ2) is 6.66. The number of halogens is 1. The van der Waals surface area contributed by atoms with E-state index < -0.39 is 0 Å². The second-order valence-corrected chi connectivity index (χ2v) is 5.27. The zero-order chi connectivity index (χ0) is 13.7. The van der Waals surface area contributed by atoms with Crippen LogP contribution in [-0.4, -0.2) is 25.0 Å². The van der Waals surface area contributed by atoms with Gasteiger partial charge in [0.15, 0.2) is 0 Å². The maximum absolute atomic E-state index is 13.1. The monoisotopic (exact) mass is 264 g/mol. The second-order valence-electron chi connectivity index (χ2n) is 5.27. The van der Waals surface area contributed by atoms with Gasteiger partial charge in [0, 0.05) is 19.0 Å². The minimum absolute atomic E-state index is 0.0345. The average molecular weight is 264 g/mol. The molecule has 19 heavy (non-hydrogen) atoms. The maximum atomic E-state index is 13.1. The highest BCUT2D eigenvalue weighted by Crippen LogP contribution is 2.19. The molecule has 0 spiro atoms. The Morgan fingerprint density at radius 1 is 1.58 bits per heavy atom. The summed E-state index contributed by atoms with van der Waals surface area (Å²) in [4.78, 5) is 11.9. The zero-order valence-electron chi connectivity index (χ0n) is 11.3. The third kappa shape index (κ3) is 4.31. The van der Waals surface area contributed by atoms with E-state index in [0.717, 1.165) is 31.5 Å². The van der Waals surface area contributed by atoms with Gasteiger partial charge in [-0.2, -0.15) is 0 Å². The first-order valence-electron chi connectivity index (χ1n) is 6.90. The predicted molar refractivity (Wildman–Crippen MR) is 73.5 cm³/mol. The third-order valence-electron chi connectivity index (χ3n) is 3.57. The van der Waals surface area contributed by atoms with Gasteiger partial charge in [-0.15, -0.1) is 0 Å². The molecule has 1 fully saturated rings. The van der Waals surface area contributed by atoms with Crippen molar-refractivity contribution in [2.45, 2.75) is 38.1 Å². The molecule has 1 aliphatic heterocycles. The maximum Gasteiger partial charge on any atom is 0.220 e. The molecule has 1 aromatic rings. The van der Waals surface area contributed by atoms with E-state index in [2.05, 4.69) is 10.6 Å². The Balaban J connectivity index is 1.84. The van der Waals surface area contributed by atoms with Crippen LogP contribution in [0.1, 0.15) is 37.7 Å². The quantitative estimate of drug-likeness (QED) is 0.875. The van der Waals surface area contributed by atoms with Crippen LogP contribution in [-0.2, 0) is 4.79 Å². The van der Waals surface area contributed by atoms with Gasteiger partial charge in [-0.25, -0.2) is 4.39 Å². The van der Waals surface area contributed by atoms with Crippen LogP contribution >= 0.6 is 0 Å². The molecule has 1 heterocycles. The first-order valence-corrected chi connectivity index (χ1v) is 6.90. The topological polar surface area (TPSA) is 41.1 Å². The first kappa shape index (κ1) is 14.0. The molecule has 1 saturated heterocycles. The summed E-state index contributed by atoms with van der Waals surface area (Å²) in [7, 11) is 0. The molecule has 0 radical (unpaired) electrons. The van der Waals surface area contributed by atoms with Gasteiger partial charge in [0.1, 0.15) is 5.82 Å². The van der Waals surface area contributed by atoms with Crippen molar-refractivity contribution >= 4 is 5.91 Å². The zero-order valence-corrected chi connectivity index (χ0v) is 11.3. The third-order valence-corrected chi connectivity index (χ3v) is 3.57. The van der Waals surface area contributed by atoms with Crippen molar-refractivity contribution in [1.29, 1.82) is 0 Å². The van der Waals surface area contributed by atoms with Gasteiger partial charge in [0.2, 0.25) is 5.91 Å². The summed E-state index contributed by atoms with van der Waals surface area (Å²) in [5.41, 5.74) is 0.872. The summed E-state index contributed by atoms with van der Waals surface area (Å²) in [6.45, 7) is 3.83. The van der Waals surface area contributed by atoms with E-state index in [4.69, 9.17) is 0 Å². The van der Waals surface area contributed by atoms with Crippen molar-refractivity contribution in [3.8, 4) is 0 Å². The highest BCUT2D eigenvalue weighted by molar-refractivity contribution is 5.77. The average Bonchev–Trinajstić information content (AvgIpc) is 2.39. The molecular formula is C15H21FN2O. The first-order chi connectivity index (χ1) is 9.15. The molecule has 1 aromatic carbocycles. The largest absolute Gasteiger partial charge is 0.352 e. The molecule has 2 atom stereocenters. The van der Waals surface area contributed by atoms with Crippen LogP contribution in [0, 0.1) is 5.82 Å². The molecular weight excluding hydrogens is 243 g/mol. The minimum atomic E-state index is -0.249. The normalized spacial score (nSPS) is 20.8. The molecule has 2 N–H and O–H groups in total. The van der Waals surface area contributed by atoms with Crippen LogP contribution in [0.5, 0.6) is 0 Å². The summed E-state index contributed by atoms with van der Waals surface area (Å²) in [6.07, 6.45) is 2.54.